The molecule has 116 valence electrons. The molecule has 21 heavy (non-hydrogen) atoms. The van der Waals surface area contributed by atoms with Crippen molar-refractivity contribution in [3.8, 4) is 0 Å². The van der Waals surface area contributed by atoms with Gasteiger partial charge >= 0.3 is 0 Å². The molecular weight excluding hydrogens is 258 g/mol. The maximum absolute atomic E-state index is 10.2. The van der Waals surface area contributed by atoms with Crippen LogP contribution in [-0.2, 0) is 0 Å². The van der Waals surface area contributed by atoms with E-state index in [9.17, 15) is 5.11 Å². The van der Waals surface area contributed by atoms with Gasteiger partial charge in [0.1, 0.15) is 0 Å². The third kappa shape index (κ3) is 5.64. The average Bonchev–Trinajstić information content (AvgIpc) is 3.31. The van der Waals surface area contributed by atoms with E-state index in [1.165, 1.54) is 24.0 Å². The largest absolute Gasteiger partial charge is 0.388 e. The monoisotopic (exact) mass is 287 g/mol. The summed E-state index contributed by atoms with van der Waals surface area (Å²) < 4.78 is 0. The summed E-state index contributed by atoms with van der Waals surface area (Å²) in [6.07, 6.45) is 14.8. The SMILES string of the molecule is C=CC(=CC=C(C=C1CCNCC1)CC)C(O)CC1CC1. The van der Waals surface area contributed by atoms with Crippen LogP contribution in [-0.4, -0.2) is 24.3 Å². The van der Waals surface area contributed by atoms with E-state index in [0.29, 0.717) is 0 Å². The summed E-state index contributed by atoms with van der Waals surface area (Å²) in [7, 11) is 0. The molecule has 0 radical (unpaired) electrons. The van der Waals surface area contributed by atoms with Gasteiger partial charge in [0.15, 0.2) is 0 Å². The summed E-state index contributed by atoms with van der Waals surface area (Å²) in [6, 6.07) is 0. The lowest BCUT2D eigenvalue weighted by atomic mass is 9.99. The Morgan fingerprint density at radius 2 is 2.05 bits per heavy atom. The Bertz CT molecular complexity index is 432. The molecule has 2 aliphatic rings. The summed E-state index contributed by atoms with van der Waals surface area (Å²) >= 11 is 0. The molecule has 1 heterocycles. The summed E-state index contributed by atoms with van der Waals surface area (Å²) in [4.78, 5) is 0. The zero-order valence-electron chi connectivity index (χ0n) is 13.3. The van der Waals surface area contributed by atoms with E-state index in [0.717, 1.165) is 50.3 Å². The van der Waals surface area contributed by atoms with Crippen LogP contribution >= 0.6 is 0 Å². The van der Waals surface area contributed by atoms with Gasteiger partial charge in [-0.1, -0.05) is 56.2 Å². The second-order valence-corrected chi connectivity index (χ2v) is 6.21. The fourth-order valence-corrected chi connectivity index (χ4v) is 2.75. The van der Waals surface area contributed by atoms with Gasteiger partial charge < -0.3 is 10.4 Å². The van der Waals surface area contributed by atoms with E-state index in [4.69, 9.17) is 0 Å². The Morgan fingerprint density at radius 1 is 1.33 bits per heavy atom. The first kappa shape index (κ1) is 16.3. The summed E-state index contributed by atoms with van der Waals surface area (Å²) in [5, 5.41) is 13.6. The molecule has 0 amide bonds. The second kappa shape index (κ2) is 8.35. The van der Waals surface area contributed by atoms with Gasteiger partial charge in [0.25, 0.3) is 0 Å². The lowest BCUT2D eigenvalue weighted by molar-refractivity contribution is 0.197. The molecule has 1 aliphatic carbocycles. The number of allylic oxidation sites excluding steroid dienone is 4. The maximum atomic E-state index is 10.2. The molecule has 0 spiro atoms. The number of aliphatic hydroxyl groups excluding tert-OH is 1. The van der Waals surface area contributed by atoms with E-state index in [2.05, 4.69) is 37.0 Å². The Kier molecular flexibility index (Phi) is 6.47. The van der Waals surface area contributed by atoms with Crippen molar-refractivity contribution in [2.24, 2.45) is 5.92 Å². The molecule has 1 aliphatic heterocycles. The number of aliphatic hydroxyl groups is 1. The molecule has 1 atom stereocenters. The highest BCUT2D eigenvalue weighted by molar-refractivity contribution is 5.33. The van der Waals surface area contributed by atoms with Crippen LogP contribution in [0.25, 0.3) is 0 Å². The normalized spacial score (nSPS) is 22.1. The fourth-order valence-electron chi connectivity index (χ4n) is 2.75. The highest BCUT2D eigenvalue weighted by Gasteiger charge is 2.25. The van der Waals surface area contributed by atoms with Crippen molar-refractivity contribution < 1.29 is 5.11 Å². The van der Waals surface area contributed by atoms with Crippen LogP contribution in [0.3, 0.4) is 0 Å². The number of nitrogens with one attached hydrogen (secondary N) is 1. The van der Waals surface area contributed by atoms with Crippen LogP contribution in [0.1, 0.15) is 45.4 Å². The minimum absolute atomic E-state index is 0.351. The summed E-state index contributed by atoms with van der Waals surface area (Å²) in [5.74, 6) is 0.731. The minimum atomic E-state index is -0.351. The van der Waals surface area contributed by atoms with Crippen molar-refractivity contribution in [3.05, 3.63) is 47.6 Å². The van der Waals surface area contributed by atoms with E-state index >= 15 is 0 Å². The molecule has 0 bridgehead atoms. The highest BCUT2D eigenvalue weighted by atomic mass is 16.3. The predicted molar refractivity (Wildman–Crippen MR) is 90.2 cm³/mol. The molecule has 0 aromatic rings. The van der Waals surface area contributed by atoms with E-state index < -0.39 is 0 Å². The molecule has 2 nitrogen and oxygen atoms in total. The standard InChI is InChI=1S/C19H29NO/c1-3-15(13-17-9-11-20-12-10-17)7-8-18(4-2)19(21)14-16-5-6-16/h4,7-8,13,16,19-21H,2-3,5-6,9-12,14H2,1H3. The van der Waals surface area contributed by atoms with Crippen molar-refractivity contribution in [1.29, 1.82) is 0 Å². The van der Waals surface area contributed by atoms with Gasteiger partial charge in [-0.25, -0.2) is 0 Å². The zero-order valence-corrected chi connectivity index (χ0v) is 13.3. The average molecular weight is 287 g/mol. The lowest BCUT2D eigenvalue weighted by Gasteiger charge is -2.15. The molecule has 2 heteroatoms. The number of piperidine rings is 1. The molecule has 1 unspecified atom stereocenters. The predicted octanol–water partition coefficient (Wildman–Crippen LogP) is 3.91. The van der Waals surface area contributed by atoms with Gasteiger partial charge in [0.2, 0.25) is 0 Å². The minimum Gasteiger partial charge on any atom is -0.388 e. The molecule has 1 saturated heterocycles. The fraction of sp³-hybridized carbons (Fsp3) is 0.579. The zero-order chi connectivity index (χ0) is 15.1. The van der Waals surface area contributed by atoms with Gasteiger partial charge in [-0.3, -0.25) is 0 Å². The quantitative estimate of drug-likeness (QED) is 0.696. The number of rotatable bonds is 7. The van der Waals surface area contributed by atoms with Gasteiger partial charge in [-0.15, -0.1) is 0 Å². The first-order valence-electron chi connectivity index (χ1n) is 8.34. The molecule has 2 N–H and O–H groups in total. The van der Waals surface area contributed by atoms with Crippen LogP contribution in [0.2, 0.25) is 0 Å². The van der Waals surface area contributed by atoms with Gasteiger partial charge in [-0.2, -0.15) is 0 Å². The highest BCUT2D eigenvalue weighted by Crippen LogP contribution is 2.35. The summed E-state index contributed by atoms with van der Waals surface area (Å²) in [5.41, 5.74) is 3.83. The second-order valence-electron chi connectivity index (χ2n) is 6.21. The molecule has 0 aromatic heterocycles. The van der Waals surface area contributed by atoms with Crippen molar-refractivity contribution in [3.63, 3.8) is 0 Å². The Labute approximate surface area is 129 Å². The molecule has 2 fully saturated rings. The molecule has 0 aromatic carbocycles. The number of hydrogen-bond donors (Lipinski definition) is 2. The van der Waals surface area contributed by atoms with Crippen LogP contribution in [0, 0.1) is 5.92 Å². The van der Waals surface area contributed by atoms with Crippen molar-refractivity contribution in [2.45, 2.75) is 51.6 Å². The molecule has 1 saturated carbocycles. The van der Waals surface area contributed by atoms with Gasteiger partial charge in [0, 0.05) is 0 Å². The van der Waals surface area contributed by atoms with Crippen molar-refractivity contribution in [2.75, 3.05) is 13.1 Å². The van der Waals surface area contributed by atoms with Crippen LogP contribution in [0.4, 0.5) is 0 Å². The summed E-state index contributed by atoms with van der Waals surface area (Å²) in [6.45, 7) is 8.22. The van der Waals surface area contributed by atoms with Gasteiger partial charge in [-0.05, 0) is 55.8 Å². The Morgan fingerprint density at radius 3 is 2.62 bits per heavy atom. The molecular formula is C19H29NO. The Hall–Kier alpha value is -1.12. The first-order chi connectivity index (χ1) is 10.2. The van der Waals surface area contributed by atoms with Crippen molar-refractivity contribution >= 4 is 0 Å². The first-order valence-corrected chi connectivity index (χ1v) is 8.34. The van der Waals surface area contributed by atoms with E-state index in [-0.39, 0.29) is 6.10 Å². The topological polar surface area (TPSA) is 32.3 Å². The van der Waals surface area contributed by atoms with E-state index in [1.54, 1.807) is 6.08 Å². The smallest absolute Gasteiger partial charge is 0.0792 e. The van der Waals surface area contributed by atoms with Crippen LogP contribution < -0.4 is 5.32 Å². The Balaban J connectivity index is 2.01. The van der Waals surface area contributed by atoms with E-state index in [1.807, 2.05) is 0 Å². The number of hydrogen-bond acceptors (Lipinski definition) is 2. The third-order valence-electron chi connectivity index (χ3n) is 4.41. The van der Waals surface area contributed by atoms with Gasteiger partial charge in [0.05, 0.1) is 6.10 Å². The lowest BCUT2D eigenvalue weighted by Crippen LogP contribution is -2.23. The molecule has 2 rings (SSSR count). The maximum Gasteiger partial charge on any atom is 0.0792 e. The van der Waals surface area contributed by atoms with Crippen LogP contribution in [0.15, 0.2) is 47.6 Å². The third-order valence-corrected chi connectivity index (χ3v) is 4.41. The van der Waals surface area contributed by atoms with Crippen LogP contribution in [0.5, 0.6) is 0 Å². The van der Waals surface area contributed by atoms with Crippen molar-refractivity contribution in [1.82, 2.24) is 5.32 Å².